The zero-order chi connectivity index (χ0) is 19.6. The largest absolute Gasteiger partial charge is 0.494 e. The summed E-state index contributed by atoms with van der Waals surface area (Å²) >= 11 is 0. The van der Waals surface area contributed by atoms with Gasteiger partial charge in [0.15, 0.2) is 0 Å². The van der Waals surface area contributed by atoms with Crippen LogP contribution in [0.3, 0.4) is 0 Å². The van der Waals surface area contributed by atoms with Gasteiger partial charge in [-0.2, -0.15) is 0 Å². The van der Waals surface area contributed by atoms with Gasteiger partial charge in [0.1, 0.15) is 11.3 Å². The van der Waals surface area contributed by atoms with Crippen molar-refractivity contribution < 1.29 is 19.1 Å². The zero-order valence-electron chi connectivity index (χ0n) is 15.4. The van der Waals surface area contributed by atoms with Crippen molar-refractivity contribution in [3.05, 3.63) is 64.7 Å². The van der Waals surface area contributed by atoms with E-state index in [9.17, 15) is 14.4 Å². The van der Waals surface area contributed by atoms with E-state index in [0.29, 0.717) is 23.6 Å². The standard InChI is InChI=1S/C21H20N2O4/c1-4-27-16-8-6-15(7-9-16)12-17-19(24)22-21(26)23(20(17)25)18-10-5-13(2)11-14(18)3/h5-12H,4H2,1-3H3,(H,22,24,26)/b17-12+. The van der Waals surface area contributed by atoms with Crippen molar-refractivity contribution in [2.45, 2.75) is 20.8 Å². The Morgan fingerprint density at radius 3 is 2.37 bits per heavy atom. The van der Waals surface area contributed by atoms with Gasteiger partial charge in [-0.05, 0) is 56.2 Å². The van der Waals surface area contributed by atoms with Crippen molar-refractivity contribution in [3.8, 4) is 5.75 Å². The first kappa shape index (κ1) is 18.4. The van der Waals surface area contributed by atoms with Crippen LogP contribution in [0.1, 0.15) is 23.6 Å². The van der Waals surface area contributed by atoms with Crippen molar-refractivity contribution in [1.82, 2.24) is 5.32 Å². The van der Waals surface area contributed by atoms with Gasteiger partial charge in [-0.3, -0.25) is 14.9 Å². The van der Waals surface area contributed by atoms with Crippen LogP contribution >= 0.6 is 0 Å². The van der Waals surface area contributed by atoms with Gasteiger partial charge >= 0.3 is 6.03 Å². The summed E-state index contributed by atoms with van der Waals surface area (Å²) < 4.78 is 5.39. The number of barbiturate groups is 1. The number of carbonyl (C=O) groups excluding carboxylic acids is 3. The van der Waals surface area contributed by atoms with Crippen LogP contribution in [0.15, 0.2) is 48.0 Å². The molecule has 0 spiro atoms. The summed E-state index contributed by atoms with van der Waals surface area (Å²) in [7, 11) is 0. The minimum absolute atomic E-state index is 0.0984. The van der Waals surface area contributed by atoms with Crippen LogP contribution in [0.25, 0.3) is 6.08 Å². The van der Waals surface area contributed by atoms with Gasteiger partial charge in [-0.1, -0.05) is 29.8 Å². The molecule has 2 aromatic rings. The normalized spacial score (nSPS) is 15.9. The van der Waals surface area contributed by atoms with Gasteiger partial charge in [-0.25, -0.2) is 9.69 Å². The Morgan fingerprint density at radius 2 is 1.74 bits per heavy atom. The maximum absolute atomic E-state index is 12.9. The topological polar surface area (TPSA) is 75.7 Å². The fourth-order valence-corrected chi connectivity index (χ4v) is 2.93. The molecule has 138 valence electrons. The quantitative estimate of drug-likeness (QED) is 0.667. The summed E-state index contributed by atoms with van der Waals surface area (Å²) in [6, 6.07) is 11.7. The van der Waals surface area contributed by atoms with E-state index >= 15 is 0 Å². The van der Waals surface area contributed by atoms with E-state index in [-0.39, 0.29) is 5.57 Å². The molecule has 0 unspecified atom stereocenters. The van der Waals surface area contributed by atoms with Crippen LogP contribution in [-0.2, 0) is 9.59 Å². The third kappa shape index (κ3) is 3.74. The number of aryl methyl sites for hydroxylation is 2. The molecule has 0 radical (unpaired) electrons. The van der Waals surface area contributed by atoms with E-state index in [1.54, 1.807) is 30.3 Å². The predicted molar refractivity (Wildman–Crippen MR) is 103 cm³/mol. The second-order valence-corrected chi connectivity index (χ2v) is 6.25. The minimum Gasteiger partial charge on any atom is -0.494 e. The molecule has 27 heavy (non-hydrogen) atoms. The van der Waals surface area contributed by atoms with E-state index in [1.165, 1.54) is 6.08 Å². The highest BCUT2D eigenvalue weighted by molar-refractivity contribution is 6.39. The summed E-state index contributed by atoms with van der Waals surface area (Å²) in [4.78, 5) is 38.4. The molecule has 3 rings (SSSR count). The van der Waals surface area contributed by atoms with E-state index in [1.807, 2.05) is 32.9 Å². The van der Waals surface area contributed by atoms with Crippen molar-refractivity contribution >= 4 is 29.6 Å². The molecule has 1 aliphatic heterocycles. The predicted octanol–water partition coefficient (Wildman–Crippen LogP) is 3.37. The van der Waals surface area contributed by atoms with Gasteiger partial charge in [0.05, 0.1) is 12.3 Å². The first-order valence-electron chi connectivity index (χ1n) is 8.62. The molecule has 1 aliphatic rings. The minimum atomic E-state index is -0.749. The number of ether oxygens (including phenoxy) is 1. The van der Waals surface area contributed by atoms with Crippen molar-refractivity contribution in [1.29, 1.82) is 0 Å². The second-order valence-electron chi connectivity index (χ2n) is 6.25. The Bertz CT molecular complexity index is 945. The Balaban J connectivity index is 1.97. The SMILES string of the molecule is CCOc1ccc(/C=C2\C(=O)NC(=O)N(c3ccc(C)cc3C)C2=O)cc1. The third-order valence-corrected chi connectivity index (χ3v) is 4.20. The van der Waals surface area contributed by atoms with Crippen LogP contribution in [0.4, 0.5) is 10.5 Å². The van der Waals surface area contributed by atoms with Crippen molar-refractivity contribution in [2.75, 3.05) is 11.5 Å². The molecule has 1 N–H and O–H groups in total. The first-order valence-corrected chi connectivity index (χ1v) is 8.62. The van der Waals surface area contributed by atoms with E-state index in [2.05, 4.69) is 5.32 Å². The molecule has 0 aliphatic carbocycles. The summed E-state index contributed by atoms with van der Waals surface area (Å²) in [5.41, 5.74) is 2.80. The number of nitrogens with one attached hydrogen (secondary N) is 1. The monoisotopic (exact) mass is 364 g/mol. The van der Waals surface area contributed by atoms with Gasteiger partial charge in [0.2, 0.25) is 0 Å². The van der Waals surface area contributed by atoms with E-state index in [0.717, 1.165) is 16.0 Å². The molecule has 0 saturated carbocycles. The second kappa shape index (κ2) is 7.45. The average molecular weight is 364 g/mol. The lowest BCUT2D eigenvalue weighted by Crippen LogP contribution is -2.54. The fraction of sp³-hybridized carbons (Fsp3) is 0.190. The summed E-state index contributed by atoms with van der Waals surface area (Å²) in [5.74, 6) is -0.657. The molecule has 0 bridgehead atoms. The Hall–Kier alpha value is -3.41. The lowest BCUT2D eigenvalue weighted by atomic mass is 10.0. The third-order valence-electron chi connectivity index (χ3n) is 4.20. The lowest BCUT2D eigenvalue weighted by Gasteiger charge is -2.27. The van der Waals surface area contributed by atoms with Gasteiger partial charge in [-0.15, -0.1) is 0 Å². The van der Waals surface area contributed by atoms with Crippen LogP contribution in [0.2, 0.25) is 0 Å². The molecule has 0 atom stereocenters. The van der Waals surface area contributed by atoms with Crippen molar-refractivity contribution in [2.24, 2.45) is 0 Å². The molecule has 1 saturated heterocycles. The smallest absolute Gasteiger partial charge is 0.335 e. The molecule has 1 fully saturated rings. The van der Waals surface area contributed by atoms with Gasteiger partial charge in [0, 0.05) is 0 Å². The molecule has 4 amide bonds. The molecule has 6 nitrogen and oxygen atoms in total. The maximum atomic E-state index is 12.9. The highest BCUT2D eigenvalue weighted by atomic mass is 16.5. The maximum Gasteiger partial charge on any atom is 0.335 e. The van der Waals surface area contributed by atoms with Gasteiger partial charge < -0.3 is 4.74 Å². The molecule has 6 heteroatoms. The number of benzene rings is 2. The molecule has 2 aromatic carbocycles. The molecule has 1 heterocycles. The highest BCUT2D eigenvalue weighted by Gasteiger charge is 2.37. The Morgan fingerprint density at radius 1 is 1.04 bits per heavy atom. The summed E-state index contributed by atoms with van der Waals surface area (Å²) in [6.45, 7) is 6.18. The number of rotatable bonds is 4. The number of urea groups is 1. The summed E-state index contributed by atoms with van der Waals surface area (Å²) in [5, 5.41) is 2.24. The van der Waals surface area contributed by atoms with E-state index < -0.39 is 17.8 Å². The van der Waals surface area contributed by atoms with Gasteiger partial charge in [0.25, 0.3) is 11.8 Å². The number of hydrogen-bond donors (Lipinski definition) is 1. The number of hydrogen-bond acceptors (Lipinski definition) is 4. The lowest BCUT2D eigenvalue weighted by molar-refractivity contribution is -0.122. The van der Waals surface area contributed by atoms with Crippen LogP contribution in [0.5, 0.6) is 5.75 Å². The number of nitrogens with zero attached hydrogens (tertiary/aromatic N) is 1. The molecular weight excluding hydrogens is 344 g/mol. The number of carbonyl (C=O) groups is 3. The van der Waals surface area contributed by atoms with Crippen LogP contribution in [0, 0.1) is 13.8 Å². The number of anilines is 1. The first-order chi connectivity index (χ1) is 12.9. The zero-order valence-corrected chi connectivity index (χ0v) is 15.4. The van der Waals surface area contributed by atoms with Crippen LogP contribution in [-0.4, -0.2) is 24.5 Å². The number of imide groups is 2. The highest BCUT2D eigenvalue weighted by Crippen LogP contribution is 2.26. The fourth-order valence-electron chi connectivity index (χ4n) is 2.93. The Kier molecular flexibility index (Phi) is 5.07. The average Bonchev–Trinajstić information content (AvgIpc) is 2.62. The van der Waals surface area contributed by atoms with Crippen LogP contribution < -0.4 is 15.0 Å². The summed E-state index contributed by atoms with van der Waals surface area (Å²) in [6.07, 6.45) is 1.47. The Labute approximate surface area is 157 Å². The number of amides is 4. The van der Waals surface area contributed by atoms with Crippen molar-refractivity contribution in [3.63, 3.8) is 0 Å². The molecule has 0 aromatic heterocycles. The van der Waals surface area contributed by atoms with E-state index in [4.69, 9.17) is 4.74 Å². The molecular formula is C21H20N2O4.